The van der Waals surface area contributed by atoms with Crippen LogP contribution in [0.4, 0.5) is 34.1 Å². The summed E-state index contributed by atoms with van der Waals surface area (Å²) >= 11 is 0. The van der Waals surface area contributed by atoms with Crippen molar-refractivity contribution in [3.8, 4) is 0 Å². The summed E-state index contributed by atoms with van der Waals surface area (Å²) in [4.78, 5) is 13.9. The normalized spacial score (nSPS) is 10.7. The fraction of sp³-hybridized carbons (Fsp3) is 0.452. The Kier molecular flexibility index (Phi) is 18.1. The number of hydrogen-bond donors (Lipinski definition) is 0. The molecule has 0 spiro atoms. The zero-order valence-electron chi connectivity index (χ0n) is 35.8. The van der Waals surface area contributed by atoms with Crippen LogP contribution in [-0.2, 0) is 21.7 Å². The first kappa shape index (κ1) is 50.6. The van der Waals surface area contributed by atoms with Crippen molar-refractivity contribution in [1.29, 1.82) is 0 Å². The second-order valence-electron chi connectivity index (χ2n) is 15.5. The van der Waals surface area contributed by atoms with Gasteiger partial charge in [-0.05, 0) is 89.4 Å². The number of benzene rings is 3. The molecule has 0 radical (unpaired) electrons. The van der Waals surface area contributed by atoms with Gasteiger partial charge in [0, 0.05) is 119 Å². The molecule has 0 aliphatic rings. The second kappa shape index (κ2) is 19.0. The quantitative estimate of drug-likeness (QED) is 0.0928. The number of hydrogen-bond acceptors (Lipinski definition) is 6. The average Bonchev–Trinajstić information content (AvgIpc) is 3.18. The predicted octanol–water partition coefficient (Wildman–Crippen LogP) is -3.65. The largest absolute Gasteiger partial charge is 4.00 e. The van der Waals surface area contributed by atoms with Gasteiger partial charge in [-0.2, -0.15) is 22.3 Å². The smallest absolute Gasteiger partial charge is 1.00 e. The molecular weight excluding hydrogens is 771 g/mol. The first-order valence-corrected chi connectivity index (χ1v) is 19.4. The number of rotatable bonds is 10. The third-order valence-corrected chi connectivity index (χ3v) is 15.8. The summed E-state index contributed by atoms with van der Waals surface area (Å²) in [5, 5.41) is 5.79. The molecule has 53 heavy (non-hydrogen) atoms. The van der Waals surface area contributed by atoms with Gasteiger partial charge in [0.2, 0.25) is 0 Å². The van der Waals surface area contributed by atoms with Crippen LogP contribution in [-0.4, -0.2) is 92.6 Å². The molecule has 0 amide bonds. The standard InChI is InChI=1S/C42H63N6Si.3ClH.Ti/c1-26-20-33(43(8)9)23-36(39(26)46(14)15)49(42-31(6)29(4)30(5)32(42)7,37-24-34(44(10)11)21-27(2)40(37)47(16)17)38-25-35(45(12)13)22-28(3)41(38)48(18)19;;;;/h20-25H,1-19H3;3*1H;/q-1;;;;+4/p-3. The van der Waals surface area contributed by atoms with Crippen molar-refractivity contribution in [2.24, 2.45) is 0 Å². The van der Waals surface area contributed by atoms with Crippen molar-refractivity contribution in [3.05, 3.63) is 75.3 Å². The van der Waals surface area contributed by atoms with Crippen molar-refractivity contribution < 1.29 is 58.9 Å². The number of halogens is 3. The van der Waals surface area contributed by atoms with Crippen LogP contribution in [0.15, 0.2) is 36.4 Å². The van der Waals surface area contributed by atoms with Gasteiger partial charge in [-0.3, -0.25) is 0 Å². The Bertz CT molecular complexity index is 1690. The number of aryl methyl sites for hydroxylation is 3. The fourth-order valence-corrected chi connectivity index (χ4v) is 14.9. The first-order valence-electron chi connectivity index (χ1n) is 17.4. The van der Waals surface area contributed by atoms with Crippen molar-refractivity contribution in [2.45, 2.75) is 48.5 Å². The van der Waals surface area contributed by atoms with Gasteiger partial charge in [-0.15, -0.1) is 5.19 Å². The first-order chi connectivity index (χ1) is 22.7. The van der Waals surface area contributed by atoms with Crippen LogP contribution in [0.5, 0.6) is 0 Å². The maximum atomic E-state index is 2.54. The summed E-state index contributed by atoms with van der Waals surface area (Å²) in [6.07, 6.45) is 0. The van der Waals surface area contributed by atoms with Gasteiger partial charge in [0.05, 0.1) is 0 Å². The van der Waals surface area contributed by atoms with E-state index < -0.39 is 8.07 Å². The van der Waals surface area contributed by atoms with E-state index in [-0.39, 0.29) is 58.9 Å². The van der Waals surface area contributed by atoms with E-state index in [4.69, 9.17) is 0 Å². The molecule has 290 valence electrons. The summed E-state index contributed by atoms with van der Waals surface area (Å²) in [5.41, 5.74) is 17.1. The van der Waals surface area contributed by atoms with Gasteiger partial charge in [0.25, 0.3) is 0 Å². The molecule has 11 heteroatoms. The van der Waals surface area contributed by atoms with Gasteiger partial charge in [-0.1, -0.05) is 27.7 Å². The summed E-state index contributed by atoms with van der Waals surface area (Å²) in [6, 6.07) is 14.7. The Labute approximate surface area is 357 Å². The Morgan fingerprint density at radius 1 is 0.377 bits per heavy atom. The minimum Gasteiger partial charge on any atom is -1.00 e. The van der Waals surface area contributed by atoms with Gasteiger partial charge >= 0.3 is 21.7 Å². The number of anilines is 6. The predicted molar refractivity (Wildman–Crippen MR) is 225 cm³/mol. The van der Waals surface area contributed by atoms with Gasteiger partial charge in [-0.25, -0.2) is 0 Å². The molecule has 6 nitrogen and oxygen atoms in total. The Morgan fingerprint density at radius 2 is 0.604 bits per heavy atom. The maximum absolute atomic E-state index is 3.25. The summed E-state index contributed by atoms with van der Waals surface area (Å²) in [5.74, 6) is 0. The van der Waals surface area contributed by atoms with E-state index in [2.05, 4.69) is 199 Å². The molecule has 0 unspecified atom stereocenters. The molecule has 0 saturated heterocycles. The van der Waals surface area contributed by atoms with E-state index in [0.29, 0.717) is 0 Å². The van der Waals surface area contributed by atoms with Crippen LogP contribution < -0.4 is 87.4 Å². The monoisotopic (exact) mass is 832 g/mol. The van der Waals surface area contributed by atoms with Crippen LogP contribution in [0.3, 0.4) is 0 Å². The molecular formula is C42H63Cl3N6SiTi. The Morgan fingerprint density at radius 3 is 0.792 bits per heavy atom. The van der Waals surface area contributed by atoms with Crippen LogP contribution in [0.2, 0.25) is 0 Å². The van der Waals surface area contributed by atoms with Crippen molar-refractivity contribution in [3.63, 3.8) is 0 Å². The van der Waals surface area contributed by atoms with Gasteiger partial charge < -0.3 is 66.6 Å². The molecule has 0 N–H and O–H groups in total. The molecule has 0 saturated carbocycles. The molecule has 0 atom stereocenters. The molecule has 4 aromatic carbocycles. The summed E-state index contributed by atoms with van der Waals surface area (Å²) in [7, 11) is 23.2. The summed E-state index contributed by atoms with van der Waals surface area (Å²) < 4.78 is 0. The van der Waals surface area contributed by atoms with Crippen molar-refractivity contribution in [2.75, 3.05) is 114 Å². The molecule has 0 heterocycles. The van der Waals surface area contributed by atoms with Crippen LogP contribution >= 0.6 is 0 Å². The third kappa shape index (κ3) is 8.71. The maximum Gasteiger partial charge on any atom is 4.00 e. The molecule has 0 fully saturated rings. The van der Waals surface area contributed by atoms with E-state index >= 15 is 0 Å². The molecule has 4 rings (SSSR count). The van der Waals surface area contributed by atoms with E-state index in [0.717, 1.165) is 0 Å². The Balaban J connectivity index is 0.00000676. The molecule has 0 aliphatic heterocycles. The zero-order valence-corrected chi connectivity index (χ0v) is 40.6. The van der Waals surface area contributed by atoms with Gasteiger partial charge in [0.15, 0.2) is 0 Å². The third-order valence-electron chi connectivity index (χ3n) is 10.8. The van der Waals surface area contributed by atoms with E-state index in [1.807, 2.05) is 0 Å². The SMILES string of the molecule is Cc1cc(N(C)C)cc([Si](c2cc(N(C)C)cc(C)c2N(C)C)(c2cc(N(C)C)cc(C)c2N(C)C)[c-]2c(C)c(C)c(C)c2C)c1N(C)C.[Cl-].[Cl-].[Cl-].[Ti+4]. The Hall–Kier alpha value is -2.39. The van der Waals surface area contributed by atoms with Gasteiger partial charge in [0.1, 0.15) is 8.07 Å². The van der Waals surface area contributed by atoms with Crippen molar-refractivity contribution in [1.82, 2.24) is 0 Å². The van der Waals surface area contributed by atoms with E-state index in [1.165, 1.54) is 93.8 Å². The number of nitrogens with zero attached hydrogens (tertiary/aromatic N) is 6. The summed E-state index contributed by atoms with van der Waals surface area (Å²) in [6.45, 7) is 16.3. The topological polar surface area (TPSA) is 19.4 Å². The zero-order chi connectivity index (χ0) is 37.0. The average molecular weight is 834 g/mol. The van der Waals surface area contributed by atoms with Crippen LogP contribution in [0.1, 0.15) is 38.9 Å². The van der Waals surface area contributed by atoms with Crippen molar-refractivity contribution >= 4 is 62.9 Å². The van der Waals surface area contributed by atoms with E-state index in [1.54, 1.807) is 0 Å². The molecule has 4 aromatic rings. The molecule has 0 aliphatic carbocycles. The van der Waals surface area contributed by atoms with E-state index in [9.17, 15) is 0 Å². The second-order valence-corrected chi connectivity index (χ2v) is 19.1. The molecule has 0 aromatic heterocycles. The minimum atomic E-state index is -3.25. The minimum absolute atomic E-state index is 0. The molecule has 0 bridgehead atoms. The van der Waals surface area contributed by atoms with Crippen LogP contribution in [0, 0.1) is 48.5 Å². The van der Waals surface area contributed by atoms with Crippen LogP contribution in [0.25, 0.3) is 0 Å². The fourth-order valence-electron chi connectivity index (χ4n) is 8.32.